The van der Waals surface area contributed by atoms with Gasteiger partial charge in [0.05, 0.1) is 17.9 Å². The van der Waals surface area contributed by atoms with Gasteiger partial charge in [-0.15, -0.1) is 11.8 Å². The highest BCUT2D eigenvalue weighted by atomic mass is 32.2. The van der Waals surface area contributed by atoms with E-state index in [0.29, 0.717) is 31.3 Å². The van der Waals surface area contributed by atoms with Crippen LogP contribution in [0.1, 0.15) is 19.4 Å². The molecule has 0 radical (unpaired) electrons. The van der Waals surface area contributed by atoms with Crippen LogP contribution in [0.2, 0.25) is 0 Å². The summed E-state index contributed by atoms with van der Waals surface area (Å²) in [6, 6.07) is 5.35. The monoisotopic (exact) mass is 362 g/mol. The number of ether oxygens (including phenoxy) is 1. The van der Waals surface area contributed by atoms with Crippen molar-refractivity contribution in [2.75, 3.05) is 29.6 Å². The van der Waals surface area contributed by atoms with Crippen molar-refractivity contribution in [2.45, 2.75) is 37.5 Å². The third-order valence-electron chi connectivity index (χ3n) is 4.09. The summed E-state index contributed by atoms with van der Waals surface area (Å²) in [5, 5.41) is 3.12. The summed E-state index contributed by atoms with van der Waals surface area (Å²) in [6.45, 7) is 5.91. The molecule has 7 heteroatoms. The van der Waals surface area contributed by atoms with Gasteiger partial charge in [0, 0.05) is 36.9 Å². The number of rotatable bonds is 5. The number of benzene rings is 1. The number of hydrogen-bond donors (Lipinski definition) is 1. The summed E-state index contributed by atoms with van der Waals surface area (Å²) in [4.78, 5) is 11.5. The molecule has 0 saturated carbocycles. The molecule has 1 aliphatic heterocycles. The Bertz CT molecular complexity index is 703. The molecule has 0 amide bonds. The molecule has 0 aliphatic carbocycles. The summed E-state index contributed by atoms with van der Waals surface area (Å²) in [7, 11) is 0. The molecule has 1 fully saturated rings. The van der Waals surface area contributed by atoms with E-state index in [-0.39, 0.29) is 18.0 Å². The van der Waals surface area contributed by atoms with E-state index in [9.17, 15) is 4.39 Å². The number of hydrogen-bond acceptors (Lipinski definition) is 6. The fourth-order valence-corrected chi connectivity index (χ4v) is 3.30. The molecule has 1 aliphatic rings. The highest BCUT2D eigenvalue weighted by Crippen LogP contribution is 2.24. The molecule has 1 N–H and O–H groups in total. The Balaban J connectivity index is 1.65. The number of nitrogens with one attached hydrogen (secondary N) is 1. The van der Waals surface area contributed by atoms with Gasteiger partial charge in [0.25, 0.3) is 0 Å². The van der Waals surface area contributed by atoms with Crippen LogP contribution in [0.5, 0.6) is 0 Å². The van der Waals surface area contributed by atoms with Gasteiger partial charge in [0.2, 0.25) is 5.95 Å². The van der Waals surface area contributed by atoms with Gasteiger partial charge in [-0.25, -0.2) is 14.4 Å². The SMILES string of the molecule is CSc1cnc(NCc2ccc(N3C[C@@H](C)O[C@H](C)C3)c(F)c2)nc1. The van der Waals surface area contributed by atoms with Crippen molar-refractivity contribution in [3.63, 3.8) is 0 Å². The van der Waals surface area contributed by atoms with E-state index in [2.05, 4.69) is 20.2 Å². The van der Waals surface area contributed by atoms with Crippen LogP contribution in [0.4, 0.5) is 16.0 Å². The molecule has 25 heavy (non-hydrogen) atoms. The average Bonchev–Trinajstić information content (AvgIpc) is 2.59. The molecule has 2 atom stereocenters. The van der Waals surface area contributed by atoms with Crippen molar-refractivity contribution in [3.05, 3.63) is 42.0 Å². The van der Waals surface area contributed by atoms with Crippen molar-refractivity contribution in [1.29, 1.82) is 0 Å². The van der Waals surface area contributed by atoms with Crippen molar-refractivity contribution >= 4 is 23.4 Å². The van der Waals surface area contributed by atoms with Gasteiger partial charge in [0.15, 0.2) is 0 Å². The summed E-state index contributed by atoms with van der Waals surface area (Å²) >= 11 is 1.59. The molecule has 1 aromatic carbocycles. The van der Waals surface area contributed by atoms with Crippen LogP contribution < -0.4 is 10.2 Å². The number of aromatic nitrogens is 2. The first-order valence-corrected chi connectivity index (χ1v) is 9.56. The zero-order valence-electron chi connectivity index (χ0n) is 14.7. The first-order chi connectivity index (χ1) is 12.0. The van der Waals surface area contributed by atoms with Crippen LogP contribution in [-0.4, -0.2) is 41.5 Å². The number of nitrogens with zero attached hydrogens (tertiary/aromatic N) is 3. The smallest absolute Gasteiger partial charge is 0.222 e. The predicted molar refractivity (Wildman–Crippen MR) is 99.8 cm³/mol. The highest BCUT2D eigenvalue weighted by molar-refractivity contribution is 7.98. The quantitative estimate of drug-likeness (QED) is 0.821. The van der Waals surface area contributed by atoms with Crippen molar-refractivity contribution < 1.29 is 9.13 Å². The lowest BCUT2D eigenvalue weighted by molar-refractivity contribution is -0.00539. The average molecular weight is 362 g/mol. The Hall–Kier alpha value is -1.86. The number of halogens is 1. The molecule has 5 nitrogen and oxygen atoms in total. The Morgan fingerprint density at radius 3 is 2.52 bits per heavy atom. The number of thioether (sulfide) groups is 1. The Morgan fingerprint density at radius 1 is 1.24 bits per heavy atom. The minimum Gasteiger partial charge on any atom is -0.372 e. The second-order valence-electron chi connectivity index (χ2n) is 6.25. The third kappa shape index (κ3) is 4.61. The Kier molecular flexibility index (Phi) is 5.75. The Morgan fingerprint density at radius 2 is 1.92 bits per heavy atom. The first-order valence-electron chi connectivity index (χ1n) is 8.34. The minimum absolute atomic E-state index is 0.103. The van der Waals surface area contributed by atoms with Crippen molar-refractivity contribution in [3.8, 4) is 0 Å². The lowest BCUT2D eigenvalue weighted by Gasteiger charge is -2.37. The third-order valence-corrected chi connectivity index (χ3v) is 4.77. The fraction of sp³-hybridized carbons (Fsp3) is 0.444. The molecule has 2 aromatic rings. The maximum Gasteiger partial charge on any atom is 0.222 e. The molecule has 0 bridgehead atoms. The van der Waals surface area contributed by atoms with Crippen LogP contribution in [0, 0.1) is 5.82 Å². The number of anilines is 2. The van der Waals surface area contributed by atoms with Crippen molar-refractivity contribution in [1.82, 2.24) is 9.97 Å². The maximum absolute atomic E-state index is 14.6. The molecule has 0 unspecified atom stereocenters. The van der Waals surface area contributed by atoms with Gasteiger partial charge in [-0.1, -0.05) is 6.07 Å². The van der Waals surface area contributed by atoms with E-state index in [1.54, 1.807) is 30.2 Å². The van der Waals surface area contributed by atoms with Crippen LogP contribution >= 0.6 is 11.8 Å². The molecular formula is C18H23FN4OS. The molecule has 2 heterocycles. The number of morpholine rings is 1. The van der Waals surface area contributed by atoms with Crippen LogP contribution in [0.15, 0.2) is 35.5 Å². The lowest BCUT2D eigenvalue weighted by Crippen LogP contribution is -2.45. The van der Waals surface area contributed by atoms with E-state index in [1.807, 2.05) is 32.2 Å². The van der Waals surface area contributed by atoms with Gasteiger partial charge >= 0.3 is 0 Å². The van der Waals surface area contributed by atoms with E-state index in [4.69, 9.17) is 4.74 Å². The minimum atomic E-state index is -0.209. The maximum atomic E-state index is 14.6. The lowest BCUT2D eigenvalue weighted by atomic mass is 10.1. The topological polar surface area (TPSA) is 50.3 Å². The highest BCUT2D eigenvalue weighted by Gasteiger charge is 2.24. The fourth-order valence-electron chi connectivity index (χ4n) is 2.99. The second kappa shape index (κ2) is 8.01. The van der Waals surface area contributed by atoms with E-state index < -0.39 is 0 Å². The summed E-state index contributed by atoms with van der Waals surface area (Å²) in [6.07, 6.45) is 5.72. The molecule has 1 saturated heterocycles. The van der Waals surface area contributed by atoms with Crippen LogP contribution in [-0.2, 0) is 11.3 Å². The van der Waals surface area contributed by atoms with E-state index in [0.717, 1.165) is 10.5 Å². The zero-order valence-corrected chi connectivity index (χ0v) is 15.5. The van der Waals surface area contributed by atoms with Gasteiger partial charge < -0.3 is 15.0 Å². The van der Waals surface area contributed by atoms with Gasteiger partial charge in [-0.3, -0.25) is 0 Å². The van der Waals surface area contributed by atoms with Gasteiger partial charge in [-0.05, 0) is 37.8 Å². The molecule has 134 valence electrons. The summed E-state index contributed by atoms with van der Waals surface area (Å²) in [5.74, 6) is 0.331. The zero-order chi connectivity index (χ0) is 17.8. The van der Waals surface area contributed by atoms with Gasteiger partial charge in [-0.2, -0.15) is 0 Å². The second-order valence-corrected chi connectivity index (χ2v) is 7.13. The molecule has 3 rings (SSSR count). The standard InChI is InChI=1S/C18H23FN4OS/c1-12-10-23(11-13(2)24-12)17-5-4-14(6-16(17)19)7-20-18-21-8-15(25-3)9-22-18/h4-6,8-9,12-13H,7,10-11H2,1-3H3,(H,20,21,22)/t12-,13-/m1/s1. The normalized spacial score (nSPS) is 20.6. The van der Waals surface area contributed by atoms with E-state index in [1.165, 1.54) is 0 Å². The largest absolute Gasteiger partial charge is 0.372 e. The Labute approximate surface area is 152 Å². The predicted octanol–water partition coefficient (Wildman–Crippen LogP) is 3.56. The summed E-state index contributed by atoms with van der Waals surface area (Å²) in [5.41, 5.74) is 1.49. The van der Waals surface area contributed by atoms with Crippen molar-refractivity contribution in [2.24, 2.45) is 0 Å². The van der Waals surface area contributed by atoms with Crippen LogP contribution in [0.25, 0.3) is 0 Å². The van der Waals surface area contributed by atoms with E-state index >= 15 is 0 Å². The molecule has 1 aromatic heterocycles. The van der Waals surface area contributed by atoms with Crippen LogP contribution in [0.3, 0.4) is 0 Å². The molecule has 0 spiro atoms. The van der Waals surface area contributed by atoms with Gasteiger partial charge in [0.1, 0.15) is 5.82 Å². The molecular weight excluding hydrogens is 339 g/mol. The summed E-state index contributed by atoms with van der Waals surface area (Å²) < 4.78 is 20.3. The first kappa shape index (κ1) is 17.9.